The fourth-order valence-corrected chi connectivity index (χ4v) is 2.59. The van der Waals surface area contributed by atoms with E-state index in [1.165, 1.54) is 19.4 Å². The van der Waals surface area contributed by atoms with Crippen molar-refractivity contribution in [3.63, 3.8) is 0 Å². The minimum absolute atomic E-state index is 0.0466. The predicted molar refractivity (Wildman–Crippen MR) is 110 cm³/mol. The van der Waals surface area contributed by atoms with Crippen LogP contribution in [0.2, 0.25) is 5.02 Å². The van der Waals surface area contributed by atoms with Crippen molar-refractivity contribution in [2.24, 2.45) is 5.10 Å². The van der Waals surface area contributed by atoms with Crippen LogP contribution in [0.3, 0.4) is 0 Å². The molecule has 0 fully saturated rings. The van der Waals surface area contributed by atoms with Crippen molar-refractivity contribution in [1.29, 1.82) is 0 Å². The lowest BCUT2D eigenvalue weighted by Gasteiger charge is -2.11. The average molecular weight is 471 g/mol. The molecule has 2 aromatic carbocycles. The molecule has 0 radical (unpaired) electrons. The molecule has 0 aliphatic rings. The monoisotopic (exact) mass is 469 g/mol. The molecule has 0 spiro atoms. The zero-order valence-corrected chi connectivity index (χ0v) is 17.1. The highest BCUT2D eigenvalue weighted by molar-refractivity contribution is 9.10. The Morgan fingerprint density at radius 1 is 1.29 bits per heavy atom. The normalized spacial score (nSPS) is 10.5. The molecule has 0 bridgehead atoms. The lowest BCUT2D eigenvalue weighted by molar-refractivity contribution is -0.139. The van der Waals surface area contributed by atoms with E-state index in [0.29, 0.717) is 5.56 Å². The summed E-state index contributed by atoms with van der Waals surface area (Å²) in [6.45, 7) is -0.504. The Balaban J connectivity index is 1.93. The highest BCUT2D eigenvalue weighted by Gasteiger charge is 2.13. The molecule has 8 nitrogen and oxygen atoms in total. The summed E-state index contributed by atoms with van der Waals surface area (Å²) in [6.07, 6.45) is 1.38. The number of carbonyl (C=O) groups is 2. The number of ether oxygens (including phenoxy) is 2. The third kappa shape index (κ3) is 6.75. The van der Waals surface area contributed by atoms with Gasteiger partial charge in [0.1, 0.15) is 0 Å². The Labute approximate surface area is 174 Å². The first-order valence-electron chi connectivity index (χ1n) is 7.92. The fourth-order valence-electron chi connectivity index (χ4n) is 2.06. The molecule has 28 heavy (non-hydrogen) atoms. The van der Waals surface area contributed by atoms with E-state index < -0.39 is 12.6 Å². The average Bonchev–Trinajstić information content (AvgIpc) is 2.66. The van der Waals surface area contributed by atoms with E-state index in [0.717, 1.165) is 10.2 Å². The van der Waals surface area contributed by atoms with Gasteiger partial charge in [0.2, 0.25) is 0 Å². The van der Waals surface area contributed by atoms with Gasteiger partial charge in [-0.3, -0.25) is 4.79 Å². The minimum Gasteiger partial charge on any atom is -0.493 e. The third-order valence-corrected chi connectivity index (χ3v) is 4.10. The van der Waals surface area contributed by atoms with E-state index in [9.17, 15) is 9.59 Å². The van der Waals surface area contributed by atoms with Gasteiger partial charge in [-0.25, -0.2) is 10.2 Å². The van der Waals surface area contributed by atoms with Gasteiger partial charge in [-0.1, -0.05) is 27.5 Å². The molecule has 148 valence electrons. The molecule has 10 heteroatoms. The highest BCUT2D eigenvalue weighted by Crippen LogP contribution is 2.36. The van der Waals surface area contributed by atoms with Crippen LogP contribution in [0.15, 0.2) is 46.0 Å². The summed E-state index contributed by atoms with van der Waals surface area (Å²) in [7, 11) is 1.40. The number of benzene rings is 2. The third-order valence-electron chi connectivity index (χ3n) is 3.29. The lowest BCUT2D eigenvalue weighted by atomic mass is 10.2. The number of rotatable bonds is 9. The van der Waals surface area contributed by atoms with E-state index >= 15 is 0 Å². The number of aliphatic carboxylic acids is 1. The number of hydrogen-bond acceptors (Lipinski definition) is 6. The van der Waals surface area contributed by atoms with Crippen LogP contribution in [0.1, 0.15) is 5.56 Å². The maximum atomic E-state index is 11.8. The van der Waals surface area contributed by atoms with E-state index in [1.54, 1.807) is 6.07 Å². The SMILES string of the molecule is COc1cc(/C=N\NC(=O)CNc2ccc(Br)cc2)cc(Cl)c1OCC(=O)O. The van der Waals surface area contributed by atoms with Gasteiger partial charge in [0.05, 0.1) is 24.9 Å². The Kier molecular flexibility index (Phi) is 8.09. The van der Waals surface area contributed by atoms with Gasteiger partial charge in [0.15, 0.2) is 18.1 Å². The maximum absolute atomic E-state index is 11.8. The quantitative estimate of drug-likeness (QED) is 0.384. The van der Waals surface area contributed by atoms with Crippen LogP contribution in [-0.4, -0.2) is 43.5 Å². The van der Waals surface area contributed by atoms with Crippen LogP contribution in [0.5, 0.6) is 11.5 Å². The Morgan fingerprint density at radius 2 is 2.00 bits per heavy atom. The Bertz CT molecular complexity index is 874. The minimum atomic E-state index is -1.14. The van der Waals surface area contributed by atoms with Crippen LogP contribution < -0.4 is 20.2 Å². The fraction of sp³-hybridized carbons (Fsp3) is 0.167. The largest absolute Gasteiger partial charge is 0.493 e. The number of hydrazone groups is 1. The van der Waals surface area contributed by atoms with Crippen molar-refractivity contribution >= 4 is 51.3 Å². The van der Waals surface area contributed by atoms with Crippen molar-refractivity contribution in [2.75, 3.05) is 25.6 Å². The second kappa shape index (κ2) is 10.5. The summed E-state index contributed by atoms with van der Waals surface area (Å²) < 4.78 is 11.2. The van der Waals surface area contributed by atoms with Crippen LogP contribution in [0.4, 0.5) is 5.69 Å². The first-order chi connectivity index (χ1) is 13.4. The van der Waals surface area contributed by atoms with E-state index in [4.69, 9.17) is 26.2 Å². The second-order valence-corrected chi connectivity index (χ2v) is 6.69. The van der Waals surface area contributed by atoms with Crippen molar-refractivity contribution in [3.8, 4) is 11.5 Å². The number of hydrogen-bond donors (Lipinski definition) is 3. The van der Waals surface area contributed by atoms with Crippen molar-refractivity contribution in [2.45, 2.75) is 0 Å². The molecule has 0 saturated carbocycles. The van der Waals surface area contributed by atoms with Crippen LogP contribution in [-0.2, 0) is 9.59 Å². The van der Waals surface area contributed by atoms with Gasteiger partial charge in [-0.2, -0.15) is 5.10 Å². The molecule has 2 rings (SSSR count). The molecular formula is C18H17BrClN3O5. The summed E-state index contributed by atoms with van der Waals surface area (Å²) in [6, 6.07) is 10.5. The zero-order valence-electron chi connectivity index (χ0n) is 14.7. The molecule has 0 aliphatic carbocycles. The van der Waals surface area contributed by atoms with E-state index in [-0.39, 0.29) is 29.0 Å². The van der Waals surface area contributed by atoms with Crippen LogP contribution >= 0.6 is 27.5 Å². The van der Waals surface area contributed by atoms with Crippen LogP contribution in [0, 0.1) is 0 Å². The number of halogens is 2. The van der Waals surface area contributed by atoms with Gasteiger partial charge in [0.25, 0.3) is 5.91 Å². The van der Waals surface area contributed by atoms with Crippen LogP contribution in [0.25, 0.3) is 0 Å². The molecule has 0 atom stereocenters. The van der Waals surface area contributed by atoms with Gasteiger partial charge in [0, 0.05) is 10.2 Å². The molecule has 3 N–H and O–H groups in total. The van der Waals surface area contributed by atoms with Crippen molar-refractivity contribution in [1.82, 2.24) is 5.43 Å². The summed E-state index contributed by atoms with van der Waals surface area (Å²) in [5.41, 5.74) is 3.73. The first kappa shape index (κ1) is 21.5. The topological polar surface area (TPSA) is 109 Å². The molecule has 0 aromatic heterocycles. The molecule has 0 heterocycles. The van der Waals surface area contributed by atoms with Crippen molar-refractivity contribution in [3.05, 3.63) is 51.5 Å². The van der Waals surface area contributed by atoms with Gasteiger partial charge in [-0.05, 0) is 42.0 Å². The summed E-state index contributed by atoms with van der Waals surface area (Å²) >= 11 is 9.44. The van der Waals surface area contributed by atoms with Crippen molar-refractivity contribution < 1.29 is 24.2 Å². The van der Waals surface area contributed by atoms with E-state index in [1.807, 2.05) is 24.3 Å². The standard InChI is InChI=1S/C18H17BrClN3O5/c1-27-15-7-11(6-14(20)18(15)28-10-17(25)26)8-22-23-16(24)9-21-13-4-2-12(19)3-5-13/h2-8,21H,9-10H2,1H3,(H,23,24)(H,25,26)/b22-8-. The van der Waals surface area contributed by atoms with E-state index in [2.05, 4.69) is 31.8 Å². The number of carboxylic acids is 1. The predicted octanol–water partition coefficient (Wildman–Crippen LogP) is 3.14. The zero-order chi connectivity index (χ0) is 20.5. The maximum Gasteiger partial charge on any atom is 0.341 e. The summed E-state index contributed by atoms with van der Waals surface area (Å²) in [5.74, 6) is -1.10. The number of nitrogens with one attached hydrogen (secondary N) is 2. The molecule has 0 aliphatic heterocycles. The Morgan fingerprint density at radius 3 is 2.64 bits per heavy atom. The number of methoxy groups -OCH3 is 1. The highest BCUT2D eigenvalue weighted by atomic mass is 79.9. The molecule has 2 aromatic rings. The molecule has 0 unspecified atom stereocenters. The number of carboxylic acid groups (broad SMARTS) is 1. The smallest absolute Gasteiger partial charge is 0.341 e. The molecule has 1 amide bonds. The first-order valence-corrected chi connectivity index (χ1v) is 9.09. The summed E-state index contributed by atoms with van der Waals surface area (Å²) in [4.78, 5) is 22.5. The number of anilines is 1. The Hall–Kier alpha value is -2.78. The summed E-state index contributed by atoms with van der Waals surface area (Å²) in [5, 5.41) is 15.7. The molecular weight excluding hydrogens is 454 g/mol. The van der Waals surface area contributed by atoms with Gasteiger partial charge < -0.3 is 19.9 Å². The molecule has 0 saturated heterocycles. The second-order valence-electron chi connectivity index (χ2n) is 5.37. The lowest BCUT2D eigenvalue weighted by Crippen LogP contribution is -2.25. The number of amides is 1. The van der Waals surface area contributed by atoms with Gasteiger partial charge in [-0.15, -0.1) is 0 Å². The number of nitrogens with zero attached hydrogens (tertiary/aromatic N) is 1. The number of carbonyl (C=O) groups excluding carboxylic acids is 1. The van der Waals surface area contributed by atoms with Gasteiger partial charge >= 0.3 is 5.97 Å².